The Morgan fingerprint density at radius 2 is 2.03 bits per heavy atom. The van der Waals surface area contributed by atoms with Crippen LogP contribution in [0.3, 0.4) is 0 Å². The molecule has 0 radical (unpaired) electrons. The van der Waals surface area contributed by atoms with E-state index >= 15 is 0 Å². The van der Waals surface area contributed by atoms with E-state index in [0.717, 1.165) is 5.56 Å². The van der Waals surface area contributed by atoms with E-state index in [9.17, 15) is 9.59 Å². The van der Waals surface area contributed by atoms with Crippen molar-refractivity contribution in [1.82, 2.24) is 9.88 Å². The van der Waals surface area contributed by atoms with Gasteiger partial charge in [0.2, 0.25) is 11.8 Å². The van der Waals surface area contributed by atoms with Gasteiger partial charge in [0.25, 0.3) is 0 Å². The number of methoxy groups -OCH3 is 1. The summed E-state index contributed by atoms with van der Waals surface area (Å²) in [6.45, 7) is 5.11. The Balaban J connectivity index is 1.52. The molecule has 1 aliphatic heterocycles. The summed E-state index contributed by atoms with van der Waals surface area (Å²) in [7, 11) is 1.57. The summed E-state index contributed by atoms with van der Waals surface area (Å²) >= 11 is 0. The van der Waals surface area contributed by atoms with Gasteiger partial charge in [0.05, 0.1) is 7.11 Å². The molecule has 1 aliphatic rings. The molecule has 2 heterocycles. The first-order valence-electron chi connectivity index (χ1n) is 10.2. The second-order valence-electron chi connectivity index (χ2n) is 7.15. The zero-order chi connectivity index (χ0) is 22.1. The van der Waals surface area contributed by atoms with Crippen molar-refractivity contribution in [3.8, 4) is 11.5 Å². The number of carbonyl (C=O) groups is 2. The predicted octanol–water partition coefficient (Wildman–Crippen LogP) is 3.55. The van der Waals surface area contributed by atoms with Gasteiger partial charge in [-0.1, -0.05) is 24.8 Å². The predicted molar refractivity (Wildman–Crippen MR) is 120 cm³/mol. The zero-order valence-electron chi connectivity index (χ0n) is 17.6. The lowest BCUT2D eigenvalue weighted by Crippen LogP contribution is -2.40. The van der Waals surface area contributed by atoms with Gasteiger partial charge in [-0.3, -0.25) is 9.59 Å². The highest BCUT2D eigenvalue weighted by Crippen LogP contribution is 2.28. The minimum atomic E-state index is -0.123. The second-order valence-corrected chi connectivity index (χ2v) is 7.15. The molecule has 7 heteroatoms. The number of benzene rings is 1. The van der Waals surface area contributed by atoms with Gasteiger partial charge in [0, 0.05) is 31.3 Å². The molecule has 1 saturated heterocycles. The fraction of sp³-hybridized carbons (Fsp3) is 0.292. The number of rotatable bonds is 8. The maximum absolute atomic E-state index is 12.6. The van der Waals surface area contributed by atoms with Crippen molar-refractivity contribution in [2.24, 2.45) is 5.92 Å². The first-order valence-corrected chi connectivity index (χ1v) is 10.2. The highest BCUT2D eigenvalue weighted by atomic mass is 16.5. The molecule has 1 aromatic carbocycles. The number of nitrogens with zero attached hydrogens (tertiary/aromatic N) is 2. The minimum absolute atomic E-state index is 0.0489. The largest absolute Gasteiger partial charge is 0.493 e. The van der Waals surface area contributed by atoms with Crippen LogP contribution in [0.15, 0.2) is 61.3 Å². The van der Waals surface area contributed by atoms with Gasteiger partial charge >= 0.3 is 0 Å². The average molecular weight is 421 g/mol. The van der Waals surface area contributed by atoms with Gasteiger partial charge in [-0.15, -0.1) is 0 Å². The number of ether oxygens (including phenoxy) is 2. The molecule has 1 N–H and O–H groups in total. The van der Waals surface area contributed by atoms with Crippen LogP contribution in [0, 0.1) is 5.92 Å². The van der Waals surface area contributed by atoms with E-state index < -0.39 is 0 Å². The van der Waals surface area contributed by atoms with Crippen molar-refractivity contribution in [2.45, 2.75) is 12.8 Å². The monoisotopic (exact) mass is 421 g/mol. The SMILES string of the molecule is C=CCOc1ccc(C=CC(=O)N2CCC(C(=O)Nc3ccccn3)CC2)cc1OC. The standard InChI is InChI=1S/C24H27N3O4/c1-3-16-31-20-9-7-18(17-21(20)30-2)8-10-23(28)27-14-11-19(12-15-27)24(29)26-22-6-4-5-13-25-22/h3-10,13,17,19H,1,11-12,14-16H2,2H3,(H,25,26,29). The van der Waals surface area contributed by atoms with E-state index in [1.807, 2.05) is 18.2 Å². The van der Waals surface area contributed by atoms with Gasteiger partial charge in [0.1, 0.15) is 12.4 Å². The zero-order valence-corrected chi connectivity index (χ0v) is 17.6. The van der Waals surface area contributed by atoms with Crippen molar-refractivity contribution >= 4 is 23.7 Å². The number of piperidine rings is 1. The molecule has 2 amide bonds. The van der Waals surface area contributed by atoms with E-state index in [1.54, 1.807) is 54.6 Å². The van der Waals surface area contributed by atoms with Crippen LogP contribution in [0.25, 0.3) is 6.08 Å². The van der Waals surface area contributed by atoms with Gasteiger partial charge in [-0.05, 0) is 48.7 Å². The third-order valence-corrected chi connectivity index (χ3v) is 5.06. The minimum Gasteiger partial charge on any atom is -0.493 e. The Morgan fingerprint density at radius 3 is 2.71 bits per heavy atom. The van der Waals surface area contributed by atoms with Gasteiger partial charge in [-0.25, -0.2) is 4.98 Å². The summed E-state index contributed by atoms with van der Waals surface area (Å²) in [6, 6.07) is 10.9. The van der Waals surface area contributed by atoms with Crippen molar-refractivity contribution < 1.29 is 19.1 Å². The molecular weight excluding hydrogens is 394 g/mol. The van der Waals surface area contributed by atoms with Crippen LogP contribution < -0.4 is 14.8 Å². The topological polar surface area (TPSA) is 80.8 Å². The number of amides is 2. The van der Waals surface area contributed by atoms with Gasteiger partial charge in [0.15, 0.2) is 11.5 Å². The van der Waals surface area contributed by atoms with Crippen LogP contribution in [0.1, 0.15) is 18.4 Å². The molecule has 0 saturated carbocycles. The molecule has 7 nitrogen and oxygen atoms in total. The third kappa shape index (κ3) is 6.18. The number of nitrogens with one attached hydrogen (secondary N) is 1. The fourth-order valence-corrected chi connectivity index (χ4v) is 3.36. The van der Waals surface area contributed by atoms with Crippen molar-refractivity contribution in [1.29, 1.82) is 0 Å². The summed E-state index contributed by atoms with van der Waals surface area (Å²) in [6.07, 6.45) is 7.86. The quantitative estimate of drug-likeness (QED) is 0.521. The summed E-state index contributed by atoms with van der Waals surface area (Å²) < 4.78 is 10.9. The Labute approximate surface area is 182 Å². The Kier molecular flexibility index (Phi) is 7.81. The molecule has 31 heavy (non-hydrogen) atoms. The van der Waals surface area contributed by atoms with Crippen molar-refractivity contribution in [3.63, 3.8) is 0 Å². The summed E-state index contributed by atoms with van der Waals surface area (Å²) in [4.78, 5) is 30.9. The first-order chi connectivity index (χ1) is 15.1. The lowest BCUT2D eigenvalue weighted by Gasteiger charge is -2.30. The van der Waals surface area contributed by atoms with E-state index in [-0.39, 0.29) is 17.7 Å². The van der Waals surface area contributed by atoms with Crippen LogP contribution in [0.5, 0.6) is 11.5 Å². The number of likely N-dealkylation sites (tertiary alicyclic amines) is 1. The highest BCUT2D eigenvalue weighted by molar-refractivity contribution is 5.93. The normalized spacial score (nSPS) is 14.3. The number of hydrogen-bond donors (Lipinski definition) is 1. The molecular formula is C24H27N3O4. The number of aromatic nitrogens is 1. The highest BCUT2D eigenvalue weighted by Gasteiger charge is 2.26. The lowest BCUT2D eigenvalue weighted by atomic mass is 9.96. The molecule has 0 aliphatic carbocycles. The van der Waals surface area contributed by atoms with Crippen LogP contribution in [0.2, 0.25) is 0 Å². The van der Waals surface area contributed by atoms with Crippen LogP contribution >= 0.6 is 0 Å². The number of pyridine rings is 1. The summed E-state index contributed by atoms with van der Waals surface area (Å²) in [5.41, 5.74) is 0.834. The van der Waals surface area contributed by atoms with Crippen molar-refractivity contribution in [2.75, 3.05) is 32.1 Å². The van der Waals surface area contributed by atoms with E-state index in [4.69, 9.17) is 9.47 Å². The molecule has 162 valence electrons. The maximum atomic E-state index is 12.6. The Morgan fingerprint density at radius 1 is 1.23 bits per heavy atom. The van der Waals surface area contributed by atoms with Crippen molar-refractivity contribution in [3.05, 3.63) is 66.9 Å². The third-order valence-electron chi connectivity index (χ3n) is 5.06. The molecule has 2 aromatic rings. The number of anilines is 1. The Hall–Kier alpha value is -3.61. The first kappa shape index (κ1) is 22.1. The fourth-order valence-electron chi connectivity index (χ4n) is 3.36. The van der Waals surface area contributed by atoms with Gasteiger partial charge in [-0.2, -0.15) is 0 Å². The molecule has 3 rings (SSSR count). The maximum Gasteiger partial charge on any atom is 0.246 e. The summed E-state index contributed by atoms with van der Waals surface area (Å²) in [5, 5.41) is 2.84. The van der Waals surface area contributed by atoms with Gasteiger partial charge < -0.3 is 19.7 Å². The van der Waals surface area contributed by atoms with E-state index in [0.29, 0.717) is 49.9 Å². The smallest absolute Gasteiger partial charge is 0.246 e. The molecule has 0 bridgehead atoms. The van der Waals surface area contributed by atoms with E-state index in [2.05, 4.69) is 16.9 Å². The molecule has 0 spiro atoms. The van der Waals surface area contributed by atoms with Crippen LogP contribution in [-0.4, -0.2) is 48.5 Å². The molecule has 1 aromatic heterocycles. The Bertz CT molecular complexity index is 935. The van der Waals surface area contributed by atoms with E-state index in [1.165, 1.54) is 0 Å². The second kappa shape index (κ2) is 11.0. The average Bonchev–Trinajstić information content (AvgIpc) is 2.82. The van der Waals surface area contributed by atoms with Crippen LogP contribution in [0.4, 0.5) is 5.82 Å². The van der Waals surface area contributed by atoms with Crippen LogP contribution in [-0.2, 0) is 9.59 Å². The lowest BCUT2D eigenvalue weighted by molar-refractivity contribution is -0.130. The number of carbonyl (C=O) groups excluding carboxylic acids is 2. The molecule has 1 fully saturated rings. The molecule has 0 unspecified atom stereocenters. The number of hydrogen-bond acceptors (Lipinski definition) is 5. The summed E-state index contributed by atoms with van der Waals surface area (Å²) in [5.74, 6) is 1.52. The molecule has 0 atom stereocenters.